The Balaban J connectivity index is 1.27. The van der Waals surface area contributed by atoms with Crippen LogP contribution in [0.15, 0.2) is 174 Å². The molecule has 0 radical (unpaired) electrons. The van der Waals surface area contributed by atoms with E-state index in [1.807, 2.05) is 27.7 Å². The Hall–Kier alpha value is -7.24. The number of hydrogen-bond donors (Lipinski definition) is 0. The van der Waals surface area contributed by atoms with Gasteiger partial charge in [-0.25, -0.2) is 0 Å². The summed E-state index contributed by atoms with van der Waals surface area (Å²) >= 11 is 0. The van der Waals surface area contributed by atoms with Crippen molar-refractivity contribution < 1.29 is 40.1 Å². The second-order valence-corrected chi connectivity index (χ2v) is 24.3. The van der Waals surface area contributed by atoms with Gasteiger partial charge in [-0.1, -0.05) is 178 Å². The quantitative estimate of drug-likeness (QED) is 0.160. The summed E-state index contributed by atoms with van der Waals surface area (Å²) in [6, 6.07) is -13.8. The van der Waals surface area contributed by atoms with Crippen LogP contribution in [-0.2, 0) is 29.1 Å². The van der Waals surface area contributed by atoms with E-state index < -0.39 is 213 Å². The number of rotatable bonds is 5. The Morgan fingerprint density at radius 2 is 1.13 bits per heavy atom. The van der Waals surface area contributed by atoms with Gasteiger partial charge in [0.1, 0.15) is 5.58 Å². The second-order valence-electron chi connectivity index (χ2n) is 24.3. The summed E-state index contributed by atoms with van der Waals surface area (Å²) in [6.45, 7) is 16.4. The lowest BCUT2D eigenvalue weighted by molar-refractivity contribution is 0.195. The fraction of sp³-hybridized carbons (Fsp3) is 0.296. The van der Waals surface area contributed by atoms with Crippen LogP contribution in [0.5, 0.6) is 0 Å². The third-order valence-corrected chi connectivity index (χ3v) is 16.7. The van der Waals surface area contributed by atoms with Crippen molar-refractivity contribution in [3.8, 4) is 22.3 Å². The van der Waals surface area contributed by atoms with Crippen molar-refractivity contribution in [2.24, 2.45) is 5.41 Å². The summed E-state index contributed by atoms with van der Waals surface area (Å²) in [5.41, 5.74) is -8.47. The minimum Gasteiger partial charge on any atom is -0.440 e. The van der Waals surface area contributed by atoms with Crippen LogP contribution in [-0.4, -0.2) is 12.3 Å². The number of hydrogen-bond acceptors (Lipinski definition) is 4. The normalized spacial score (nSPS) is 24.8. The standard InChI is InChI=1S/C71H70BN3O/c1-67(2,3)50-30-33-58(54(39-50)46-24-16-12-17-25-46)74-60-40-51(68(4,5)6)29-31-57(60)72-64-55-36-48-43-69(7,8)44-49(48)38-63(55)76-66(64)73(52-26-18-13-19-27-52)61-41-53(42-62(74)65(61)72)75-59-32-28-47(45-22-14-11-15-23-45)37-56(59)70(9)34-20-21-35-71(70,75)10/h11-19,22-33,36-42H,20-21,34-35,43-44H2,1-10H3/i11D,12D,13D,14D,15D,16D,17D,18D,19D,22D,23D,24D,25D,26D,27D,28D,29D,30D,31D,32D,33D,36D,37D,38D,39D,40D. The van der Waals surface area contributed by atoms with E-state index in [9.17, 15) is 23.3 Å². The maximum atomic E-state index is 10.9. The van der Waals surface area contributed by atoms with Crippen molar-refractivity contribution in [1.29, 1.82) is 0 Å². The molecule has 3 aliphatic heterocycles. The summed E-state index contributed by atoms with van der Waals surface area (Å²) in [4.78, 5) is 4.30. The molecule has 4 nitrogen and oxygen atoms in total. The summed E-state index contributed by atoms with van der Waals surface area (Å²) < 4.78 is 260. The lowest BCUT2D eigenvalue weighted by atomic mass is 9.33. The molecule has 0 saturated heterocycles. The summed E-state index contributed by atoms with van der Waals surface area (Å²) in [5.74, 6) is -0.315. The first kappa shape index (κ1) is 27.2. The van der Waals surface area contributed by atoms with Crippen molar-refractivity contribution in [1.82, 2.24) is 0 Å². The van der Waals surface area contributed by atoms with Gasteiger partial charge in [-0.2, -0.15) is 0 Å². The lowest BCUT2D eigenvalue weighted by Gasteiger charge is -2.51. The third-order valence-electron chi connectivity index (χ3n) is 16.7. The van der Waals surface area contributed by atoms with Gasteiger partial charge < -0.3 is 14.2 Å². The minimum atomic E-state index is -1.57. The highest BCUT2D eigenvalue weighted by Crippen LogP contribution is 2.62. The van der Waals surface area contributed by atoms with Crippen LogP contribution in [0.4, 0.5) is 45.7 Å². The number of fused-ring (bicyclic) bond motifs is 10. The fourth-order valence-electron chi connectivity index (χ4n) is 12.8. The van der Waals surface area contributed by atoms with E-state index >= 15 is 0 Å². The lowest BCUT2D eigenvalue weighted by Crippen LogP contribution is -2.61. The van der Waals surface area contributed by atoms with E-state index in [0.717, 1.165) is 0 Å². The van der Waals surface area contributed by atoms with Crippen LogP contribution in [0.1, 0.15) is 158 Å². The Labute approximate surface area is 488 Å². The zero-order valence-electron chi connectivity index (χ0n) is 70.2. The van der Waals surface area contributed by atoms with Crippen molar-refractivity contribution in [2.75, 3.05) is 14.7 Å². The van der Waals surface area contributed by atoms with E-state index in [4.69, 9.17) is 16.8 Å². The molecule has 0 spiro atoms. The SMILES string of the molecule is [2H]c1c([2H])c([2H])c(-c2c([2H])c([2H])c3c(c2[2H])C2(C)CCCCC2(C)N3c2cc3c4c(c2)N(c2c([2H])c([2H])c(C(C)(C)C)c([2H])c2-c2c([2H])c([2H])c([2H])c([2H])c2[2H])c2c([2H])c(C(C)(C)C)c([2H])c([2H])c2B4c2c(oc4c([2H])c5c(c([2H])c24)CC(C)(C)C5)N3c2c([2H])c([2H])c([2H])c([2H])c2[2H])c([2H])c1[2H]. The van der Waals surface area contributed by atoms with Crippen LogP contribution in [0, 0.1) is 5.41 Å². The van der Waals surface area contributed by atoms with E-state index in [2.05, 4.69) is 0 Å². The predicted molar refractivity (Wildman–Crippen MR) is 323 cm³/mol. The van der Waals surface area contributed by atoms with Crippen LogP contribution < -0.4 is 31.1 Å². The van der Waals surface area contributed by atoms with Gasteiger partial charge in [-0.05, 0) is 171 Å². The predicted octanol–water partition coefficient (Wildman–Crippen LogP) is 17.3. The minimum absolute atomic E-state index is 0.00217. The van der Waals surface area contributed by atoms with Crippen molar-refractivity contribution in [3.05, 3.63) is 197 Å². The average molecular weight is 1020 g/mol. The van der Waals surface area contributed by atoms with Gasteiger partial charge in [0.05, 0.1) is 46.9 Å². The molecule has 1 aromatic heterocycles. The average Bonchev–Trinajstić information content (AvgIpc) is 1.39. The van der Waals surface area contributed by atoms with Crippen LogP contribution in [0.2, 0.25) is 0 Å². The number of furan rings is 1. The molecule has 2 unspecified atom stereocenters. The Morgan fingerprint density at radius 3 is 1.83 bits per heavy atom. The monoisotopic (exact) mass is 1020 g/mol. The van der Waals surface area contributed by atoms with E-state index in [1.165, 1.54) is 9.80 Å². The largest absolute Gasteiger partial charge is 0.440 e. The molecule has 9 aromatic rings. The highest BCUT2D eigenvalue weighted by molar-refractivity contribution is 7.01. The van der Waals surface area contributed by atoms with Gasteiger partial charge >= 0.3 is 0 Å². The van der Waals surface area contributed by atoms with Crippen LogP contribution in [0.3, 0.4) is 0 Å². The van der Waals surface area contributed by atoms with Gasteiger partial charge in [0, 0.05) is 56.0 Å². The molecular formula is C71H70BN3O. The Bertz CT molecular complexity index is 5320. The van der Waals surface area contributed by atoms with Crippen molar-refractivity contribution in [3.63, 3.8) is 0 Å². The maximum Gasteiger partial charge on any atom is 0.257 e. The topological polar surface area (TPSA) is 22.9 Å². The number of anilines is 8. The number of para-hydroxylation sites is 1. The Kier molecular flexibility index (Phi) is 5.86. The van der Waals surface area contributed by atoms with Crippen LogP contribution >= 0.6 is 0 Å². The second kappa shape index (κ2) is 16.4. The molecule has 2 aliphatic carbocycles. The zero-order valence-corrected chi connectivity index (χ0v) is 44.2. The number of nitrogens with zero attached hydrogens (tertiary/aromatic N) is 3. The fourth-order valence-corrected chi connectivity index (χ4v) is 12.8. The van der Waals surface area contributed by atoms with E-state index in [-0.39, 0.29) is 96.9 Å². The van der Waals surface area contributed by atoms with Gasteiger partial charge in [0.2, 0.25) is 5.88 Å². The first-order valence-electron chi connectivity index (χ1n) is 39.1. The third kappa shape index (κ3) is 6.95. The maximum absolute atomic E-state index is 10.9. The Morgan fingerprint density at radius 1 is 0.526 bits per heavy atom. The van der Waals surface area contributed by atoms with E-state index in [1.54, 1.807) is 58.6 Å². The molecule has 5 aliphatic rings. The van der Waals surface area contributed by atoms with Crippen molar-refractivity contribution >= 4 is 79.8 Å². The van der Waals surface area contributed by atoms with Gasteiger partial charge in [-0.3, -0.25) is 4.90 Å². The van der Waals surface area contributed by atoms with Gasteiger partial charge in [0.25, 0.3) is 6.71 Å². The molecule has 0 bridgehead atoms. The molecule has 4 heterocycles. The molecule has 14 rings (SSSR count). The van der Waals surface area contributed by atoms with Crippen molar-refractivity contribution in [2.45, 2.75) is 130 Å². The molecule has 76 heavy (non-hydrogen) atoms. The highest BCUT2D eigenvalue weighted by atomic mass is 16.4. The van der Waals surface area contributed by atoms with Gasteiger partial charge in [0.15, 0.2) is 0 Å². The number of benzene rings is 8. The molecular weight excluding hydrogens is 922 g/mol. The molecule has 2 atom stereocenters. The van der Waals surface area contributed by atoms with Crippen LogP contribution in [0.25, 0.3) is 33.2 Å². The summed E-state index contributed by atoms with van der Waals surface area (Å²) in [5, 5.41) is 0.00217. The summed E-state index contributed by atoms with van der Waals surface area (Å²) in [6.07, 6.45) is 2.28. The molecule has 0 N–H and O–H groups in total. The molecule has 5 heteroatoms. The smallest absolute Gasteiger partial charge is 0.257 e. The zero-order chi connectivity index (χ0) is 74.9. The highest BCUT2D eigenvalue weighted by Gasteiger charge is 2.58. The molecule has 0 amide bonds. The molecule has 8 aromatic carbocycles. The first-order valence-corrected chi connectivity index (χ1v) is 26.1. The van der Waals surface area contributed by atoms with Gasteiger partial charge in [-0.15, -0.1) is 0 Å². The first-order chi connectivity index (χ1) is 47.3. The summed E-state index contributed by atoms with van der Waals surface area (Å²) in [7, 11) is 0. The molecule has 1 fully saturated rings. The van der Waals surface area contributed by atoms with E-state index in [0.29, 0.717) is 43.2 Å². The molecule has 378 valence electrons. The molecule has 1 saturated carbocycles.